The van der Waals surface area contributed by atoms with Crippen LogP contribution in [0, 0.1) is 5.92 Å². The summed E-state index contributed by atoms with van der Waals surface area (Å²) in [6, 6.07) is 0.299. The maximum absolute atomic E-state index is 13.0. The van der Waals surface area contributed by atoms with E-state index in [4.69, 9.17) is 5.11 Å². The molecular formula is C8H14FNO2. The van der Waals surface area contributed by atoms with Crippen molar-refractivity contribution in [3.63, 3.8) is 0 Å². The highest BCUT2D eigenvalue weighted by atomic mass is 19.1. The minimum absolute atomic E-state index is 0.299. The quantitative estimate of drug-likeness (QED) is 0.673. The molecule has 0 amide bonds. The van der Waals surface area contributed by atoms with E-state index >= 15 is 0 Å². The normalized spacial score (nSPS) is 33.6. The molecule has 3 nitrogen and oxygen atoms in total. The Balaban J connectivity index is 2.51. The zero-order chi connectivity index (χ0) is 9.30. The number of halogens is 1. The summed E-state index contributed by atoms with van der Waals surface area (Å²) in [5.74, 6) is -1.66. The van der Waals surface area contributed by atoms with Gasteiger partial charge in [-0.2, -0.15) is 0 Å². The molecule has 1 saturated heterocycles. The topological polar surface area (TPSA) is 40.5 Å². The standard InChI is InChI=1S/C8H14FNO2/c1-5-3-6(4-10(5)2)7(9)8(11)12/h5-7H,3-4H2,1-2H3,(H,11,12). The summed E-state index contributed by atoms with van der Waals surface area (Å²) in [7, 11) is 1.89. The van der Waals surface area contributed by atoms with Gasteiger partial charge in [-0.25, -0.2) is 9.18 Å². The van der Waals surface area contributed by atoms with Gasteiger partial charge in [-0.1, -0.05) is 0 Å². The number of rotatable bonds is 2. The number of carboxylic acid groups (broad SMARTS) is 1. The first-order valence-electron chi connectivity index (χ1n) is 4.09. The van der Waals surface area contributed by atoms with E-state index in [1.807, 2.05) is 18.9 Å². The molecule has 0 spiro atoms. The van der Waals surface area contributed by atoms with E-state index in [0.29, 0.717) is 19.0 Å². The van der Waals surface area contributed by atoms with E-state index in [1.54, 1.807) is 0 Å². The molecule has 0 aromatic heterocycles. The molecular weight excluding hydrogens is 161 g/mol. The summed E-state index contributed by atoms with van der Waals surface area (Å²) in [4.78, 5) is 12.3. The average molecular weight is 175 g/mol. The predicted octanol–water partition coefficient (Wildman–Crippen LogP) is 0.749. The number of likely N-dealkylation sites (tertiary alicyclic amines) is 1. The van der Waals surface area contributed by atoms with Crippen molar-refractivity contribution in [2.75, 3.05) is 13.6 Å². The second kappa shape index (κ2) is 3.39. The summed E-state index contributed by atoms with van der Waals surface area (Å²) in [5, 5.41) is 8.42. The van der Waals surface area contributed by atoms with Crippen LogP contribution in [-0.4, -0.2) is 41.8 Å². The van der Waals surface area contributed by atoms with Gasteiger partial charge in [-0.15, -0.1) is 0 Å². The Kier molecular flexibility index (Phi) is 2.67. The zero-order valence-electron chi connectivity index (χ0n) is 7.33. The molecule has 1 aliphatic rings. The molecule has 0 aromatic carbocycles. The van der Waals surface area contributed by atoms with Crippen LogP contribution in [0.2, 0.25) is 0 Å². The minimum atomic E-state index is -1.70. The van der Waals surface area contributed by atoms with Crippen molar-refractivity contribution in [2.45, 2.75) is 25.6 Å². The second-order valence-corrected chi connectivity index (χ2v) is 3.52. The summed E-state index contributed by atoms with van der Waals surface area (Å²) in [5.41, 5.74) is 0. The Labute approximate surface area is 71.2 Å². The third-order valence-corrected chi connectivity index (χ3v) is 2.57. The highest BCUT2D eigenvalue weighted by Crippen LogP contribution is 2.25. The number of nitrogens with zero attached hydrogens (tertiary/aromatic N) is 1. The van der Waals surface area contributed by atoms with E-state index < -0.39 is 12.1 Å². The lowest BCUT2D eigenvalue weighted by atomic mass is 10.0. The number of alkyl halides is 1. The first kappa shape index (κ1) is 9.45. The van der Waals surface area contributed by atoms with Crippen LogP contribution in [0.15, 0.2) is 0 Å². The van der Waals surface area contributed by atoms with Crippen LogP contribution in [0.1, 0.15) is 13.3 Å². The predicted molar refractivity (Wildman–Crippen MR) is 42.7 cm³/mol. The summed E-state index contributed by atoms with van der Waals surface area (Å²) >= 11 is 0. The van der Waals surface area contributed by atoms with Gasteiger partial charge >= 0.3 is 5.97 Å². The third kappa shape index (κ3) is 1.75. The summed E-state index contributed by atoms with van der Waals surface area (Å²) in [6.07, 6.45) is -1.05. The minimum Gasteiger partial charge on any atom is -0.479 e. The van der Waals surface area contributed by atoms with Crippen LogP contribution in [0.4, 0.5) is 4.39 Å². The molecule has 0 radical (unpaired) electrons. The smallest absolute Gasteiger partial charge is 0.338 e. The first-order chi connectivity index (χ1) is 5.52. The number of carboxylic acids is 1. The van der Waals surface area contributed by atoms with Gasteiger partial charge in [-0.05, 0) is 20.4 Å². The van der Waals surface area contributed by atoms with Crippen LogP contribution in [0.25, 0.3) is 0 Å². The molecule has 12 heavy (non-hydrogen) atoms. The van der Waals surface area contributed by atoms with Gasteiger partial charge in [0.2, 0.25) is 6.17 Å². The fraction of sp³-hybridized carbons (Fsp3) is 0.875. The Morgan fingerprint density at radius 2 is 2.33 bits per heavy atom. The van der Waals surface area contributed by atoms with Crippen molar-refractivity contribution in [1.82, 2.24) is 4.90 Å². The Morgan fingerprint density at radius 1 is 1.75 bits per heavy atom. The lowest BCUT2D eigenvalue weighted by Crippen LogP contribution is -2.27. The van der Waals surface area contributed by atoms with Crippen molar-refractivity contribution >= 4 is 5.97 Å². The van der Waals surface area contributed by atoms with Crippen molar-refractivity contribution in [1.29, 1.82) is 0 Å². The lowest BCUT2D eigenvalue weighted by molar-refractivity contribution is -0.144. The first-order valence-corrected chi connectivity index (χ1v) is 4.09. The summed E-state index contributed by atoms with van der Waals surface area (Å²) in [6.45, 7) is 2.53. The molecule has 0 aromatic rings. The van der Waals surface area contributed by atoms with Gasteiger partial charge in [0.1, 0.15) is 0 Å². The number of carbonyl (C=O) groups is 1. The van der Waals surface area contributed by atoms with E-state index in [0.717, 1.165) is 0 Å². The highest BCUT2D eigenvalue weighted by Gasteiger charge is 2.35. The zero-order valence-corrected chi connectivity index (χ0v) is 7.33. The number of aliphatic carboxylic acids is 1. The molecule has 1 N–H and O–H groups in total. The molecule has 1 heterocycles. The Bertz CT molecular complexity index is 176. The molecule has 3 atom stereocenters. The largest absolute Gasteiger partial charge is 0.479 e. The molecule has 4 heteroatoms. The maximum atomic E-state index is 13.0. The van der Waals surface area contributed by atoms with Crippen molar-refractivity contribution in [3.05, 3.63) is 0 Å². The Hall–Kier alpha value is -0.640. The van der Waals surface area contributed by atoms with Crippen molar-refractivity contribution in [2.24, 2.45) is 5.92 Å². The van der Waals surface area contributed by atoms with E-state index in [-0.39, 0.29) is 5.92 Å². The molecule has 3 unspecified atom stereocenters. The average Bonchev–Trinajstić information content (AvgIpc) is 2.30. The van der Waals surface area contributed by atoms with Crippen LogP contribution in [-0.2, 0) is 4.79 Å². The molecule has 1 fully saturated rings. The van der Waals surface area contributed by atoms with E-state index in [9.17, 15) is 9.18 Å². The molecule has 0 aliphatic carbocycles. The van der Waals surface area contributed by atoms with Gasteiger partial charge in [0.15, 0.2) is 0 Å². The van der Waals surface area contributed by atoms with E-state index in [2.05, 4.69) is 0 Å². The van der Waals surface area contributed by atoms with Crippen LogP contribution < -0.4 is 0 Å². The van der Waals surface area contributed by atoms with Crippen molar-refractivity contribution < 1.29 is 14.3 Å². The molecule has 0 saturated carbocycles. The monoisotopic (exact) mass is 175 g/mol. The molecule has 70 valence electrons. The Morgan fingerprint density at radius 3 is 2.67 bits per heavy atom. The SMILES string of the molecule is CC1CC(C(F)C(=O)O)CN1C. The lowest BCUT2D eigenvalue weighted by Gasteiger charge is -2.12. The fourth-order valence-electron chi connectivity index (χ4n) is 1.66. The van der Waals surface area contributed by atoms with Crippen LogP contribution in [0.5, 0.6) is 0 Å². The van der Waals surface area contributed by atoms with Crippen LogP contribution in [0.3, 0.4) is 0 Å². The van der Waals surface area contributed by atoms with Crippen LogP contribution >= 0.6 is 0 Å². The number of hydrogen-bond acceptors (Lipinski definition) is 2. The fourth-order valence-corrected chi connectivity index (χ4v) is 1.66. The van der Waals surface area contributed by atoms with Gasteiger partial charge in [0.05, 0.1) is 0 Å². The summed E-state index contributed by atoms with van der Waals surface area (Å²) < 4.78 is 13.0. The molecule has 1 rings (SSSR count). The van der Waals surface area contributed by atoms with Gasteiger partial charge in [-0.3, -0.25) is 0 Å². The van der Waals surface area contributed by atoms with Gasteiger partial charge < -0.3 is 10.0 Å². The third-order valence-electron chi connectivity index (χ3n) is 2.57. The highest BCUT2D eigenvalue weighted by molar-refractivity contribution is 5.72. The van der Waals surface area contributed by atoms with Gasteiger partial charge in [0.25, 0.3) is 0 Å². The maximum Gasteiger partial charge on any atom is 0.338 e. The second-order valence-electron chi connectivity index (χ2n) is 3.52. The molecule has 1 aliphatic heterocycles. The number of hydrogen-bond donors (Lipinski definition) is 1. The van der Waals surface area contributed by atoms with Crippen molar-refractivity contribution in [3.8, 4) is 0 Å². The van der Waals surface area contributed by atoms with E-state index in [1.165, 1.54) is 0 Å². The molecule has 0 bridgehead atoms. The van der Waals surface area contributed by atoms with Gasteiger partial charge in [0, 0.05) is 18.5 Å².